The van der Waals surface area contributed by atoms with Crippen molar-refractivity contribution in [3.8, 4) is 0 Å². The molecule has 3 rings (SSSR count). The molecule has 10 heteroatoms. The largest absolute Gasteiger partial charge is 0.467 e. The summed E-state index contributed by atoms with van der Waals surface area (Å²) in [5.41, 5.74) is -2.01. The first kappa shape index (κ1) is 24.0. The molecule has 0 saturated carbocycles. The zero-order valence-corrected chi connectivity index (χ0v) is 19.2. The van der Waals surface area contributed by atoms with Gasteiger partial charge in [0.2, 0.25) is 0 Å². The minimum Gasteiger partial charge on any atom is -0.467 e. The van der Waals surface area contributed by atoms with E-state index in [1.807, 2.05) is 0 Å². The molecule has 0 unspecified atom stereocenters. The Morgan fingerprint density at radius 1 is 1.06 bits per heavy atom. The summed E-state index contributed by atoms with van der Waals surface area (Å²) in [7, 11) is 1.21. The molecule has 10 nitrogen and oxygen atoms in total. The van der Waals surface area contributed by atoms with E-state index >= 15 is 0 Å². The molecule has 0 N–H and O–H groups in total. The van der Waals surface area contributed by atoms with Gasteiger partial charge in [-0.15, -0.1) is 0 Å². The second kappa shape index (κ2) is 9.05. The third-order valence-corrected chi connectivity index (χ3v) is 5.28. The second-order valence-electron chi connectivity index (χ2n) is 8.87. The van der Waals surface area contributed by atoms with E-state index in [9.17, 15) is 24.0 Å². The molecule has 1 saturated heterocycles. The van der Waals surface area contributed by atoms with Gasteiger partial charge in [0.15, 0.2) is 0 Å². The Morgan fingerprint density at radius 3 is 2.27 bits per heavy atom. The lowest BCUT2D eigenvalue weighted by Crippen LogP contribution is -2.46. The summed E-state index contributed by atoms with van der Waals surface area (Å²) in [5.74, 6) is -1.41. The fourth-order valence-electron chi connectivity index (χ4n) is 3.75. The number of carbonyl (C=O) groups is 3. The van der Waals surface area contributed by atoms with Crippen LogP contribution in [0.15, 0.2) is 46.1 Å². The Balaban J connectivity index is 2.04. The van der Waals surface area contributed by atoms with Gasteiger partial charge in [-0.3, -0.25) is 19.1 Å². The standard InChI is InChI=1S/C23H27N3O7/c1-14-12-24(21(30)26(18(14)27)19(28)15-9-7-6-8-10-15)16-11-17(20(29)32-5)25(13-16)22(31)33-23(2,3)4/h6-10,12,16-17H,11,13H2,1-5H3/t16-,17+/m1/s1. The number of likely N-dealkylation sites (tertiary alicyclic amines) is 1. The van der Waals surface area contributed by atoms with E-state index in [0.717, 1.165) is 0 Å². The highest BCUT2D eigenvalue weighted by Gasteiger charge is 2.43. The number of aryl methyl sites for hydroxylation is 1. The molecule has 33 heavy (non-hydrogen) atoms. The van der Waals surface area contributed by atoms with Crippen LogP contribution in [0.5, 0.6) is 0 Å². The van der Waals surface area contributed by atoms with Crippen LogP contribution in [0.3, 0.4) is 0 Å². The van der Waals surface area contributed by atoms with E-state index in [-0.39, 0.29) is 24.1 Å². The van der Waals surface area contributed by atoms with Crippen molar-refractivity contribution in [2.45, 2.75) is 51.8 Å². The predicted molar refractivity (Wildman–Crippen MR) is 118 cm³/mol. The minimum atomic E-state index is -0.979. The predicted octanol–water partition coefficient (Wildman–Crippen LogP) is 1.73. The van der Waals surface area contributed by atoms with Gasteiger partial charge in [0.1, 0.15) is 11.6 Å². The number of methoxy groups -OCH3 is 1. The molecule has 2 heterocycles. The second-order valence-corrected chi connectivity index (χ2v) is 8.87. The molecule has 2 atom stereocenters. The Labute approximate surface area is 190 Å². The van der Waals surface area contributed by atoms with Crippen molar-refractivity contribution in [2.75, 3.05) is 13.7 Å². The summed E-state index contributed by atoms with van der Waals surface area (Å²) in [6.45, 7) is 6.55. The minimum absolute atomic E-state index is 0.0360. The molecule has 1 aromatic carbocycles. The molecule has 0 spiro atoms. The van der Waals surface area contributed by atoms with Gasteiger partial charge in [0, 0.05) is 30.3 Å². The number of benzene rings is 1. The highest BCUT2D eigenvalue weighted by molar-refractivity contribution is 5.95. The van der Waals surface area contributed by atoms with Gasteiger partial charge in [-0.05, 0) is 39.8 Å². The fraction of sp³-hybridized carbons (Fsp3) is 0.435. The first-order valence-electron chi connectivity index (χ1n) is 10.5. The normalized spacial score (nSPS) is 18.2. The quantitative estimate of drug-likeness (QED) is 0.644. The number of amides is 1. The van der Waals surface area contributed by atoms with E-state index in [2.05, 4.69) is 0 Å². The molecule has 176 valence electrons. The van der Waals surface area contributed by atoms with Crippen LogP contribution in [-0.2, 0) is 14.3 Å². The maximum Gasteiger partial charge on any atom is 0.411 e. The molecule has 0 bridgehead atoms. The lowest BCUT2D eigenvalue weighted by molar-refractivity contribution is -0.145. The van der Waals surface area contributed by atoms with Gasteiger partial charge < -0.3 is 9.47 Å². The number of hydrogen-bond acceptors (Lipinski definition) is 7. The van der Waals surface area contributed by atoms with E-state index in [4.69, 9.17) is 9.47 Å². The van der Waals surface area contributed by atoms with Gasteiger partial charge in [0.25, 0.3) is 11.5 Å². The zero-order valence-electron chi connectivity index (χ0n) is 19.2. The van der Waals surface area contributed by atoms with Crippen molar-refractivity contribution in [2.24, 2.45) is 0 Å². The smallest absolute Gasteiger partial charge is 0.411 e. The highest BCUT2D eigenvalue weighted by Crippen LogP contribution is 2.29. The number of nitrogens with zero attached hydrogens (tertiary/aromatic N) is 3. The van der Waals surface area contributed by atoms with Crippen LogP contribution in [0.25, 0.3) is 0 Å². The number of aromatic nitrogens is 2. The lowest BCUT2D eigenvalue weighted by Gasteiger charge is -2.27. The molecule has 1 amide bonds. The number of ether oxygens (including phenoxy) is 2. The summed E-state index contributed by atoms with van der Waals surface area (Å²) in [4.78, 5) is 65.2. The molecule has 0 aliphatic carbocycles. The van der Waals surface area contributed by atoms with E-state index in [1.165, 1.54) is 41.8 Å². The summed E-state index contributed by atoms with van der Waals surface area (Å²) < 4.78 is 12.0. The molecule has 1 aliphatic rings. The van der Waals surface area contributed by atoms with Crippen LogP contribution >= 0.6 is 0 Å². The number of esters is 1. The lowest BCUT2D eigenvalue weighted by atomic mass is 10.1. The maximum atomic E-state index is 13.2. The Hall–Kier alpha value is -3.69. The molecule has 1 aliphatic heterocycles. The van der Waals surface area contributed by atoms with Crippen molar-refractivity contribution >= 4 is 18.0 Å². The van der Waals surface area contributed by atoms with Crippen molar-refractivity contribution in [3.63, 3.8) is 0 Å². The van der Waals surface area contributed by atoms with Crippen molar-refractivity contribution < 1.29 is 23.9 Å². The number of rotatable bonds is 3. The van der Waals surface area contributed by atoms with Crippen molar-refractivity contribution in [1.82, 2.24) is 14.0 Å². The Bertz CT molecular complexity index is 1190. The van der Waals surface area contributed by atoms with Crippen LogP contribution in [0.2, 0.25) is 0 Å². The van der Waals surface area contributed by atoms with Crippen LogP contribution in [-0.4, -0.2) is 57.3 Å². The summed E-state index contributed by atoms with van der Waals surface area (Å²) in [6.07, 6.45) is 0.680. The molecule has 0 radical (unpaired) electrons. The summed E-state index contributed by atoms with van der Waals surface area (Å²) >= 11 is 0. The zero-order chi connectivity index (χ0) is 24.5. The van der Waals surface area contributed by atoms with Gasteiger partial charge in [-0.1, -0.05) is 18.2 Å². The highest BCUT2D eigenvalue weighted by atomic mass is 16.6. The van der Waals surface area contributed by atoms with Crippen LogP contribution in [0.4, 0.5) is 4.79 Å². The summed E-state index contributed by atoms with van der Waals surface area (Å²) in [6, 6.07) is 6.33. The first-order valence-corrected chi connectivity index (χ1v) is 10.5. The SMILES string of the molecule is COC(=O)[C@@H]1C[C@@H](n2cc(C)c(=O)n(C(=O)c3ccccc3)c2=O)CN1C(=O)OC(C)(C)C. The Morgan fingerprint density at radius 2 is 1.70 bits per heavy atom. The van der Waals surface area contributed by atoms with Crippen molar-refractivity contribution in [1.29, 1.82) is 0 Å². The van der Waals surface area contributed by atoms with Crippen LogP contribution in [0.1, 0.15) is 49.2 Å². The third kappa shape index (κ3) is 4.89. The first-order chi connectivity index (χ1) is 15.4. The van der Waals surface area contributed by atoms with Crippen molar-refractivity contribution in [3.05, 3.63) is 68.5 Å². The van der Waals surface area contributed by atoms with Gasteiger partial charge in [0.05, 0.1) is 13.2 Å². The van der Waals surface area contributed by atoms with E-state index in [1.54, 1.807) is 39.0 Å². The average molecular weight is 457 g/mol. The van der Waals surface area contributed by atoms with Crippen LogP contribution < -0.4 is 11.2 Å². The fourth-order valence-corrected chi connectivity index (χ4v) is 3.75. The molecular weight excluding hydrogens is 430 g/mol. The van der Waals surface area contributed by atoms with Gasteiger partial charge in [-0.25, -0.2) is 14.4 Å². The number of carbonyl (C=O) groups excluding carboxylic acids is 3. The molecule has 2 aromatic rings. The van der Waals surface area contributed by atoms with E-state index in [0.29, 0.717) is 4.57 Å². The van der Waals surface area contributed by atoms with Crippen LogP contribution in [0, 0.1) is 6.92 Å². The third-order valence-electron chi connectivity index (χ3n) is 5.28. The van der Waals surface area contributed by atoms with Gasteiger partial charge >= 0.3 is 17.8 Å². The Kier molecular flexibility index (Phi) is 6.57. The molecule has 1 aromatic heterocycles. The monoisotopic (exact) mass is 457 g/mol. The maximum absolute atomic E-state index is 13.2. The van der Waals surface area contributed by atoms with Gasteiger partial charge in [-0.2, -0.15) is 4.57 Å². The van der Waals surface area contributed by atoms with E-state index < -0.39 is 46.9 Å². The average Bonchev–Trinajstić information content (AvgIpc) is 3.20. The summed E-state index contributed by atoms with van der Waals surface area (Å²) in [5, 5.41) is 0. The number of hydrogen-bond donors (Lipinski definition) is 0. The topological polar surface area (TPSA) is 117 Å². The molecular formula is C23H27N3O7. The molecule has 1 fully saturated rings.